The van der Waals surface area contributed by atoms with Crippen LogP contribution in [-0.4, -0.2) is 7.05 Å². The first-order valence-corrected chi connectivity index (χ1v) is 8.03. The molecule has 0 unspecified atom stereocenters. The lowest BCUT2D eigenvalue weighted by molar-refractivity contribution is 1.48. The van der Waals surface area contributed by atoms with E-state index in [0.717, 1.165) is 5.00 Å². The van der Waals surface area contributed by atoms with Crippen molar-refractivity contribution < 1.29 is 0 Å². The van der Waals surface area contributed by atoms with Crippen molar-refractivity contribution in [2.24, 2.45) is 5.73 Å². The largest absolute Gasteiger partial charge is 0.391 e. The van der Waals surface area contributed by atoms with Gasteiger partial charge in [0, 0.05) is 14.3 Å². The van der Waals surface area contributed by atoms with E-state index in [1.165, 1.54) is 42.9 Å². The van der Waals surface area contributed by atoms with Crippen LogP contribution >= 0.6 is 22.7 Å². The smallest absolute Gasteiger partial charge is 0.0868 e. The molecule has 0 spiro atoms. The first-order valence-electron chi connectivity index (χ1n) is 6.40. The standard InChI is InChI=1S/C15H11NS2.CH5N/c1-8-2-11-3-9-6-14-12(7-15(16)18-14)4-10(9)5-13(11)17-8;1-2/h2-7H,16H2,1H3;2H2,1H3. The summed E-state index contributed by atoms with van der Waals surface area (Å²) < 4.78 is 2.63. The van der Waals surface area contributed by atoms with Gasteiger partial charge in [-0.3, -0.25) is 0 Å². The predicted molar refractivity (Wildman–Crippen MR) is 94.0 cm³/mol. The van der Waals surface area contributed by atoms with Gasteiger partial charge in [-0.25, -0.2) is 0 Å². The summed E-state index contributed by atoms with van der Waals surface area (Å²) >= 11 is 3.51. The zero-order valence-corrected chi connectivity index (χ0v) is 13.1. The van der Waals surface area contributed by atoms with Gasteiger partial charge in [-0.15, -0.1) is 22.7 Å². The Morgan fingerprint density at radius 3 is 1.90 bits per heavy atom. The lowest BCUT2D eigenvalue weighted by atomic mass is 10.1. The molecule has 20 heavy (non-hydrogen) atoms. The summed E-state index contributed by atoms with van der Waals surface area (Å²) in [6, 6.07) is 13.4. The summed E-state index contributed by atoms with van der Waals surface area (Å²) in [5.41, 5.74) is 10.4. The lowest BCUT2D eigenvalue weighted by Crippen LogP contribution is -1.73. The van der Waals surface area contributed by atoms with E-state index in [1.54, 1.807) is 11.3 Å². The highest BCUT2D eigenvalue weighted by Gasteiger charge is 2.05. The van der Waals surface area contributed by atoms with E-state index in [0.29, 0.717) is 0 Å². The van der Waals surface area contributed by atoms with Crippen LogP contribution in [0.1, 0.15) is 4.88 Å². The maximum absolute atomic E-state index is 5.87. The van der Waals surface area contributed by atoms with Gasteiger partial charge in [0.2, 0.25) is 0 Å². The topological polar surface area (TPSA) is 52.0 Å². The molecule has 0 atom stereocenters. The van der Waals surface area contributed by atoms with Crippen molar-refractivity contribution in [2.45, 2.75) is 6.92 Å². The lowest BCUT2D eigenvalue weighted by Gasteiger charge is -1.99. The van der Waals surface area contributed by atoms with Crippen LogP contribution in [0.4, 0.5) is 5.00 Å². The minimum absolute atomic E-state index is 0.887. The third kappa shape index (κ3) is 2.16. The molecule has 2 aromatic carbocycles. The van der Waals surface area contributed by atoms with E-state index in [4.69, 9.17) is 5.73 Å². The van der Waals surface area contributed by atoms with E-state index < -0.39 is 0 Å². The van der Waals surface area contributed by atoms with Crippen molar-refractivity contribution in [1.29, 1.82) is 0 Å². The normalized spacial score (nSPS) is 10.9. The Labute approximate surface area is 125 Å². The fourth-order valence-corrected chi connectivity index (χ4v) is 4.29. The van der Waals surface area contributed by atoms with E-state index >= 15 is 0 Å². The van der Waals surface area contributed by atoms with Crippen LogP contribution in [0, 0.1) is 6.92 Å². The van der Waals surface area contributed by atoms with Gasteiger partial charge in [-0.2, -0.15) is 0 Å². The molecule has 4 N–H and O–H groups in total. The van der Waals surface area contributed by atoms with Crippen molar-refractivity contribution >= 4 is 58.6 Å². The van der Waals surface area contributed by atoms with Gasteiger partial charge < -0.3 is 11.5 Å². The molecule has 0 fully saturated rings. The number of nitrogens with two attached hydrogens (primary N) is 2. The van der Waals surface area contributed by atoms with Crippen LogP contribution in [0.3, 0.4) is 0 Å². The van der Waals surface area contributed by atoms with Gasteiger partial charge in [-0.1, -0.05) is 0 Å². The van der Waals surface area contributed by atoms with E-state index in [1.807, 2.05) is 11.3 Å². The molecular weight excluding hydrogens is 284 g/mol. The molecule has 0 amide bonds. The fraction of sp³-hybridized carbons (Fsp3) is 0.125. The number of nitrogen functional groups attached to an aromatic ring is 1. The van der Waals surface area contributed by atoms with Crippen LogP contribution in [-0.2, 0) is 0 Å². The van der Waals surface area contributed by atoms with Crippen LogP contribution in [0.5, 0.6) is 0 Å². The summed E-state index contributed by atoms with van der Waals surface area (Å²) in [5.74, 6) is 0. The van der Waals surface area contributed by atoms with Gasteiger partial charge in [0.25, 0.3) is 0 Å². The van der Waals surface area contributed by atoms with Crippen LogP contribution in [0.2, 0.25) is 0 Å². The number of anilines is 1. The average molecular weight is 300 g/mol. The van der Waals surface area contributed by atoms with E-state index in [9.17, 15) is 0 Å². The maximum Gasteiger partial charge on any atom is 0.0868 e. The molecule has 2 heterocycles. The number of rotatable bonds is 0. The molecule has 0 saturated heterocycles. The monoisotopic (exact) mass is 300 g/mol. The Morgan fingerprint density at radius 1 is 0.700 bits per heavy atom. The quantitative estimate of drug-likeness (QED) is 0.493. The van der Waals surface area contributed by atoms with Crippen LogP contribution in [0.15, 0.2) is 36.4 Å². The molecule has 4 aromatic rings. The minimum atomic E-state index is 0.887. The number of aryl methyl sites for hydroxylation is 1. The predicted octanol–water partition coefficient (Wildman–Crippen LogP) is 4.73. The Hall–Kier alpha value is -1.62. The fourth-order valence-electron chi connectivity index (χ4n) is 2.48. The maximum atomic E-state index is 5.87. The van der Waals surface area contributed by atoms with Gasteiger partial charge >= 0.3 is 0 Å². The Bertz CT molecular complexity index is 761. The highest BCUT2D eigenvalue weighted by molar-refractivity contribution is 7.22. The molecule has 0 aliphatic rings. The molecule has 0 bridgehead atoms. The molecule has 4 heteroatoms. The molecular formula is C16H16N2S2. The van der Waals surface area contributed by atoms with E-state index in [2.05, 4.69) is 49.1 Å². The third-order valence-corrected chi connectivity index (χ3v) is 5.19. The second-order valence-corrected chi connectivity index (χ2v) is 7.04. The molecule has 2 nitrogen and oxygen atoms in total. The van der Waals surface area contributed by atoms with E-state index in [-0.39, 0.29) is 0 Å². The van der Waals surface area contributed by atoms with Crippen molar-refractivity contribution in [3.8, 4) is 0 Å². The molecule has 102 valence electrons. The second kappa shape index (κ2) is 5.05. The van der Waals surface area contributed by atoms with Crippen molar-refractivity contribution in [3.05, 3.63) is 41.3 Å². The first-order chi connectivity index (χ1) is 9.69. The number of hydrogen-bond donors (Lipinski definition) is 2. The Morgan fingerprint density at radius 2 is 1.25 bits per heavy atom. The zero-order chi connectivity index (χ0) is 14.3. The Kier molecular flexibility index (Phi) is 3.38. The number of thiophene rings is 2. The van der Waals surface area contributed by atoms with Crippen LogP contribution < -0.4 is 11.5 Å². The summed E-state index contributed by atoms with van der Waals surface area (Å²) in [5, 5.41) is 6.08. The number of benzene rings is 2. The second-order valence-electron chi connectivity index (χ2n) is 4.63. The van der Waals surface area contributed by atoms with Crippen molar-refractivity contribution in [1.82, 2.24) is 0 Å². The molecule has 4 rings (SSSR count). The van der Waals surface area contributed by atoms with Gasteiger partial charge in [-0.05, 0) is 71.9 Å². The highest BCUT2D eigenvalue weighted by Crippen LogP contribution is 2.35. The summed E-state index contributed by atoms with van der Waals surface area (Å²) in [6.45, 7) is 2.16. The highest BCUT2D eigenvalue weighted by atomic mass is 32.1. The summed E-state index contributed by atoms with van der Waals surface area (Å²) in [4.78, 5) is 1.37. The molecule has 2 aromatic heterocycles. The summed E-state index contributed by atoms with van der Waals surface area (Å²) in [7, 11) is 1.50. The molecule has 0 saturated carbocycles. The first kappa shape index (κ1) is 13.4. The SMILES string of the molecule is CN.Cc1cc2cc3cc4sc(N)cc4cc3cc2s1. The molecule has 0 radical (unpaired) electrons. The zero-order valence-electron chi connectivity index (χ0n) is 11.4. The van der Waals surface area contributed by atoms with Gasteiger partial charge in [0.15, 0.2) is 0 Å². The Balaban J connectivity index is 0.000000581. The average Bonchev–Trinajstić information content (AvgIpc) is 2.95. The van der Waals surface area contributed by atoms with Crippen molar-refractivity contribution in [3.63, 3.8) is 0 Å². The van der Waals surface area contributed by atoms with Gasteiger partial charge in [0.05, 0.1) is 5.00 Å². The van der Waals surface area contributed by atoms with Crippen molar-refractivity contribution in [2.75, 3.05) is 12.8 Å². The third-order valence-electron chi connectivity index (χ3n) is 3.25. The van der Waals surface area contributed by atoms with Gasteiger partial charge in [0.1, 0.15) is 0 Å². The minimum Gasteiger partial charge on any atom is -0.391 e. The van der Waals surface area contributed by atoms with Crippen LogP contribution in [0.25, 0.3) is 30.9 Å². The number of fused-ring (bicyclic) bond motifs is 3. The molecule has 0 aliphatic heterocycles. The molecule has 0 aliphatic carbocycles. The number of hydrogen-bond acceptors (Lipinski definition) is 4. The summed E-state index contributed by atoms with van der Waals surface area (Å²) in [6.07, 6.45) is 0.